The summed E-state index contributed by atoms with van der Waals surface area (Å²) in [5, 5.41) is 4.17. The van der Waals surface area contributed by atoms with E-state index in [1.807, 2.05) is 24.4 Å². The highest BCUT2D eigenvalue weighted by Crippen LogP contribution is 2.24. The monoisotopic (exact) mass is 407 g/mol. The summed E-state index contributed by atoms with van der Waals surface area (Å²) in [6, 6.07) is 20.2. The summed E-state index contributed by atoms with van der Waals surface area (Å²) in [5.74, 6) is -0.265. The SMILES string of the molecule is O=C(NN=Cc1ccc2c(c1)CCC2)c1ccccc1N=Cc1ccc2c(c1)CCC2. The number of rotatable bonds is 5. The maximum Gasteiger partial charge on any atom is 0.273 e. The number of amides is 1. The number of aliphatic imine (C=N–C) groups is 1. The van der Waals surface area contributed by atoms with Gasteiger partial charge in [-0.05, 0) is 96.2 Å². The van der Waals surface area contributed by atoms with Gasteiger partial charge >= 0.3 is 0 Å². The van der Waals surface area contributed by atoms with Crippen molar-refractivity contribution in [3.8, 4) is 0 Å². The van der Waals surface area contributed by atoms with Gasteiger partial charge in [-0.15, -0.1) is 0 Å². The Morgan fingerprint density at radius 1 is 0.742 bits per heavy atom. The molecule has 0 saturated heterocycles. The zero-order chi connectivity index (χ0) is 21.0. The molecule has 0 aromatic heterocycles. The van der Waals surface area contributed by atoms with Crippen LogP contribution in [-0.4, -0.2) is 18.3 Å². The normalized spacial score (nSPS) is 14.8. The van der Waals surface area contributed by atoms with Gasteiger partial charge < -0.3 is 0 Å². The van der Waals surface area contributed by atoms with Crippen molar-refractivity contribution in [1.29, 1.82) is 0 Å². The number of carbonyl (C=O) groups excluding carboxylic acids is 1. The third-order valence-corrected chi connectivity index (χ3v) is 6.13. The molecule has 0 heterocycles. The molecule has 4 nitrogen and oxygen atoms in total. The lowest BCUT2D eigenvalue weighted by atomic mass is 10.1. The molecule has 31 heavy (non-hydrogen) atoms. The van der Waals surface area contributed by atoms with Gasteiger partial charge in [0.1, 0.15) is 0 Å². The maximum atomic E-state index is 12.7. The molecule has 154 valence electrons. The van der Waals surface area contributed by atoms with Gasteiger partial charge in [-0.25, -0.2) is 5.43 Å². The highest BCUT2D eigenvalue weighted by Gasteiger charge is 2.12. The van der Waals surface area contributed by atoms with Crippen LogP contribution in [0.1, 0.15) is 56.6 Å². The molecule has 0 unspecified atom stereocenters. The van der Waals surface area contributed by atoms with Crippen molar-refractivity contribution < 1.29 is 4.79 Å². The molecule has 3 aromatic rings. The molecule has 0 aliphatic heterocycles. The lowest BCUT2D eigenvalue weighted by Gasteiger charge is -2.05. The number of aryl methyl sites for hydroxylation is 4. The van der Waals surface area contributed by atoms with Crippen molar-refractivity contribution in [2.24, 2.45) is 10.1 Å². The summed E-state index contributed by atoms with van der Waals surface area (Å²) < 4.78 is 0. The molecule has 1 amide bonds. The van der Waals surface area contributed by atoms with E-state index in [-0.39, 0.29) is 5.91 Å². The predicted octanol–water partition coefficient (Wildman–Crippen LogP) is 5.18. The van der Waals surface area contributed by atoms with Crippen LogP contribution in [0.25, 0.3) is 0 Å². The lowest BCUT2D eigenvalue weighted by molar-refractivity contribution is 0.0956. The Kier molecular flexibility index (Phi) is 5.44. The van der Waals surface area contributed by atoms with Crippen molar-refractivity contribution in [3.63, 3.8) is 0 Å². The molecular formula is C27H25N3O. The minimum Gasteiger partial charge on any atom is -0.267 e. The van der Waals surface area contributed by atoms with Crippen LogP contribution >= 0.6 is 0 Å². The summed E-state index contributed by atoms with van der Waals surface area (Å²) in [5.41, 5.74) is 11.5. The first-order valence-corrected chi connectivity index (χ1v) is 11.0. The van der Waals surface area contributed by atoms with Crippen LogP contribution in [0.3, 0.4) is 0 Å². The van der Waals surface area contributed by atoms with Crippen LogP contribution in [0.5, 0.6) is 0 Å². The van der Waals surface area contributed by atoms with E-state index < -0.39 is 0 Å². The summed E-state index contributed by atoms with van der Waals surface area (Å²) >= 11 is 0. The molecule has 0 bridgehead atoms. The number of nitrogens with one attached hydrogen (secondary N) is 1. The molecular weight excluding hydrogens is 382 g/mol. The largest absolute Gasteiger partial charge is 0.273 e. The zero-order valence-electron chi connectivity index (χ0n) is 17.5. The minimum absolute atomic E-state index is 0.265. The molecule has 5 rings (SSSR count). The van der Waals surface area contributed by atoms with Crippen LogP contribution in [0.4, 0.5) is 5.69 Å². The molecule has 4 heteroatoms. The molecule has 0 atom stereocenters. The van der Waals surface area contributed by atoms with Gasteiger partial charge in [0.25, 0.3) is 5.91 Å². The summed E-state index contributed by atoms with van der Waals surface area (Å²) in [6.07, 6.45) is 10.6. The van der Waals surface area contributed by atoms with Crippen LogP contribution in [0.15, 0.2) is 70.8 Å². The number of hydrazone groups is 1. The molecule has 1 N–H and O–H groups in total. The van der Waals surface area contributed by atoms with Gasteiger partial charge in [0.15, 0.2) is 0 Å². The van der Waals surface area contributed by atoms with Gasteiger partial charge in [-0.1, -0.05) is 36.4 Å². The fourth-order valence-corrected chi connectivity index (χ4v) is 4.49. The van der Waals surface area contributed by atoms with Crippen molar-refractivity contribution in [2.75, 3.05) is 0 Å². The number of para-hydroxylation sites is 1. The van der Waals surface area contributed by atoms with Gasteiger partial charge in [-0.3, -0.25) is 9.79 Å². The van der Waals surface area contributed by atoms with E-state index in [9.17, 15) is 4.79 Å². The van der Waals surface area contributed by atoms with Gasteiger partial charge in [0.05, 0.1) is 17.5 Å². The van der Waals surface area contributed by atoms with E-state index in [4.69, 9.17) is 0 Å². The average Bonchev–Trinajstić information content (AvgIpc) is 3.46. The summed E-state index contributed by atoms with van der Waals surface area (Å²) in [4.78, 5) is 17.3. The fourth-order valence-electron chi connectivity index (χ4n) is 4.49. The third kappa shape index (κ3) is 4.33. The second-order valence-electron chi connectivity index (χ2n) is 8.24. The first-order chi connectivity index (χ1) is 15.3. The topological polar surface area (TPSA) is 53.8 Å². The predicted molar refractivity (Wildman–Crippen MR) is 126 cm³/mol. The number of benzene rings is 3. The quantitative estimate of drug-likeness (QED) is 0.460. The molecule has 0 fully saturated rings. The van der Waals surface area contributed by atoms with Crippen LogP contribution in [-0.2, 0) is 25.7 Å². The zero-order valence-corrected chi connectivity index (χ0v) is 17.5. The van der Waals surface area contributed by atoms with E-state index in [1.54, 1.807) is 12.3 Å². The summed E-state index contributed by atoms with van der Waals surface area (Å²) in [6.45, 7) is 0. The number of nitrogens with zero attached hydrogens (tertiary/aromatic N) is 2. The second-order valence-corrected chi connectivity index (χ2v) is 8.24. The van der Waals surface area contributed by atoms with E-state index >= 15 is 0 Å². The van der Waals surface area contributed by atoms with Gasteiger partial charge in [0.2, 0.25) is 0 Å². The molecule has 2 aliphatic carbocycles. The average molecular weight is 408 g/mol. The number of hydrogen-bond donors (Lipinski definition) is 1. The van der Waals surface area contributed by atoms with Crippen molar-refractivity contribution in [2.45, 2.75) is 38.5 Å². The molecule has 0 saturated carbocycles. The molecule has 2 aliphatic rings. The van der Waals surface area contributed by atoms with Crippen molar-refractivity contribution >= 4 is 24.0 Å². The van der Waals surface area contributed by atoms with Crippen LogP contribution in [0.2, 0.25) is 0 Å². The third-order valence-electron chi connectivity index (χ3n) is 6.13. The Balaban J connectivity index is 1.28. The number of fused-ring (bicyclic) bond motifs is 2. The van der Waals surface area contributed by atoms with Crippen molar-refractivity contribution in [1.82, 2.24) is 5.43 Å². The number of hydrogen-bond acceptors (Lipinski definition) is 3. The Morgan fingerprint density at radius 2 is 1.35 bits per heavy atom. The second kappa shape index (κ2) is 8.68. The van der Waals surface area contributed by atoms with Crippen molar-refractivity contribution in [3.05, 3.63) is 99.6 Å². The standard InChI is InChI=1S/C27H25N3O/c31-27(30-29-18-20-12-14-22-6-4-8-24(22)16-20)25-9-1-2-10-26(25)28-17-19-11-13-21-5-3-7-23(21)15-19/h1-2,9-18H,3-8H2,(H,30,31). The Hall–Kier alpha value is -3.53. The molecule has 0 spiro atoms. The van der Waals surface area contributed by atoms with Gasteiger partial charge in [-0.2, -0.15) is 5.10 Å². The minimum atomic E-state index is -0.265. The highest BCUT2D eigenvalue weighted by atomic mass is 16.2. The van der Waals surface area contributed by atoms with Crippen LogP contribution in [0, 0.1) is 0 Å². The van der Waals surface area contributed by atoms with E-state index in [0.717, 1.165) is 30.4 Å². The Morgan fingerprint density at radius 3 is 2.06 bits per heavy atom. The summed E-state index contributed by atoms with van der Waals surface area (Å²) in [7, 11) is 0. The smallest absolute Gasteiger partial charge is 0.267 e. The Bertz CT molecular complexity index is 1190. The highest BCUT2D eigenvalue weighted by molar-refractivity contribution is 6.00. The van der Waals surface area contributed by atoms with Crippen LogP contribution < -0.4 is 5.43 Å². The van der Waals surface area contributed by atoms with E-state index in [1.165, 1.54) is 41.5 Å². The molecule has 3 aromatic carbocycles. The number of carbonyl (C=O) groups is 1. The first-order valence-electron chi connectivity index (χ1n) is 11.0. The molecule has 0 radical (unpaired) electrons. The Labute approximate surface area is 182 Å². The van der Waals surface area contributed by atoms with Gasteiger partial charge in [0, 0.05) is 6.21 Å². The van der Waals surface area contributed by atoms with E-state index in [0.29, 0.717) is 11.3 Å². The first kappa shape index (κ1) is 19.4. The maximum absolute atomic E-state index is 12.7. The fraction of sp³-hybridized carbons (Fsp3) is 0.222. The lowest BCUT2D eigenvalue weighted by Crippen LogP contribution is -2.17. The van der Waals surface area contributed by atoms with E-state index in [2.05, 4.69) is 51.9 Å².